The quantitative estimate of drug-likeness (QED) is 0.0727. The Balaban J connectivity index is 1.38. The van der Waals surface area contributed by atoms with Crippen LogP contribution in [0.4, 0.5) is 27.6 Å². The topological polar surface area (TPSA) is 115 Å². The fourth-order valence-electron chi connectivity index (χ4n) is 8.27. The smallest absolute Gasteiger partial charge is 0.258 e. The summed E-state index contributed by atoms with van der Waals surface area (Å²) in [5.41, 5.74) is -0.720. The second kappa shape index (κ2) is 12.4. The molecule has 3 aromatic rings. The molecule has 2 aliphatic carbocycles. The van der Waals surface area contributed by atoms with Crippen LogP contribution in [0.25, 0.3) is 0 Å². The zero-order chi connectivity index (χ0) is 37.6. The standard InChI is InChI=1S/C37H27Cl2F5N2O6/c1-2-4-17-5-3-6-21(31(17)48)24-19-11-12-20-23(33(50)45(32(20)49)14-13-16-7-9-18(47)10-8-16)22(19)15-36(38)34(51)46(35(52)37(24,36)39)30-28(43)26(41)25(40)27(42)29(30)44/h2-3,5-11,20,22-24,47-48H,1,4,12-15H2/t20-,22+,23-,24+,36+,37-/m0/s1. The van der Waals surface area contributed by atoms with Crippen LogP contribution in [0.15, 0.2) is 66.8 Å². The van der Waals surface area contributed by atoms with Crippen LogP contribution in [0.1, 0.15) is 35.4 Å². The van der Waals surface area contributed by atoms with Gasteiger partial charge in [-0.1, -0.05) is 48.1 Å². The van der Waals surface area contributed by atoms with E-state index in [9.17, 15) is 42.6 Å². The molecule has 2 N–H and O–H groups in total. The Bertz CT molecular complexity index is 2120. The molecular weight excluding hydrogens is 734 g/mol. The molecule has 4 amide bonds. The molecule has 270 valence electrons. The van der Waals surface area contributed by atoms with E-state index >= 15 is 8.78 Å². The highest BCUT2D eigenvalue weighted by molar-refractivity contribution is 6.58. The van der Waals surface area contributed by atoms with E-state index < -0.39 is 104 Å². The number of phenolic OH excluding ortho intramolecular Hbond substituents is 2. The number of aromatic hydroxyl groups is 2. The number of carbonyl (C=O) groups excluding carboxylic acids is 4. The number of hydrogen-bond acceptors (Lipinski definition) is 6. The molecule has 52 heavy (non-hydrogen) atoms. The SMILES string of the molecule is C=CCc1cccc([C@H]2C3=CC[C@@H]4C(=O)N(CCc5ccc(O)cc5)C(=O)[C@@H]4[C@@H]3C[C@@]3(Cl)C(=O)N(c4c(F)c(F)c(F)c(F)c4F)C(=O)[C@@]23Cl)c1O. The van der Waals surface area contributed by atoms with Crippen LogP contribution in [0.5, 0.6) is 11.5 Å². The molecule has 3 fully saturated rings. The van der Waals surface area contributed by atoms with E-state index in [1.165, 1.54) is 36.4 Å². The average Bonchev–Trinajstić information content (AvgIpc) is 3.45. The summed E-state index contributed by atoms with van der Waals surface area (Å²) in [5, 5.41) is 21.2. The first kappa shape index (κ1) is 35.6. The number of likely N-dealkylation sites (tertiary alicyclic amines) is 1. The first-order valence-corrected chi connectivity index (χ1v) is 16.9. The number of hydrogen-bond donors (Lipinski definition) is 2. The number of anilines is 1. The number of carbonyl (C=O) groups is 4. The van der Waals surface area contributed by atoms with E-state index in [0.29, 0.717) is 5.56 Å². The number of allylic oxidation sites excluding steroid dienone is 3. The van der Waals surface area contributed by atoms with E-state index in [1.807, 2.05) is 0 Å². The maximum absolute atomic E-state index is 15.3. The third-order valence-electron chi connectivity index (χ3n) is 10.7. The summed E-state index contributed by atoms with van der Waals surface area (Å²) in [5.74, 6) is -21.9. The molecule has 1 saturated carbocycles. The van der Waals surface area contributed by atoms with Gasteiger partial charge in [0.25, 0.3) is 11.8 Å². The lowest BCUT2D eigenvalue weighted by Crippen LogP contribution is -2.60. The third kappa shape index (κ3) is 4.77. The van der Waals surface area contributed by atoms with Crippen molar-refractivity contribution in [1.29, 1.82) is 0 Å². The molecule has 0 aromatic heterocycles. The van der Waals surface area contributed by atoms with Gasteiger partial charge < -0.3 is 10.2 Å². The summed E-state index contributed by atoms with van der Waals surface area (Å²) < 4.78 is 73.5. The van der Waals surface area contributed by atoms with Gasteiger partial charge in [0.1, 0.15) is 17.2 Å². The van der Waals surface area contributed by atoms with E-state index in [0.717, 1.165) is 10.5 Å². The number of imide groups is 2. The fourth-order valence-corrected chi connectivity index (χ4v) is 9.19. The first-order valence-electron chi connectivity index (χ1n) is 16.1. The van der Waals surface area contributed by atoms with Crippen molar-refractivity contribution in [2.45, 2.75) is 41.3 Å². The van der Waals surface area contributed by atoms with Gasteiger partial charge in [-0.3, -0.25) is 24.1 Å². The zero-order valence-electron chi connectivity index (χ0n) is 26.8. The van der Waals surface area contributed by atoms with Crippen molar-refractivity contribution in [1.82, 2.24) is 4.90 Å². The van der Waals surface area contributed by atoms with E-state index in [4.69, 9.17) is 23.2 Å². The molecule has 4 aliphatic rings. The molecule has 2 saturated heterocycles. The van der Waals surface area contributed by atoms with Crippen LogP contribution >= 0.6 is 23.2 Å². The lowest BCUT2D eigenvalue weighted by Gasteiger charge is -2.50. The van der Waals surface area contributed by atoms with Crippen molar-refractivity contribution in [2.75, 3.05) is 11.4 Å². The number of para-hydroxylation sites is 1. The summed E-state index contributed by atoms with van der Waals surface area (Å²) in [6.07, 6.45) is 2.70. The summed E-state index contributed by atoms with van der Waals surface area (Å²) in [6.45, 7) is 3.62. The molecule has 2 aliphatic heterocycles. The molecule has 0 bridgehead atoms. The molecule has 0 unspecified atom stereocenters. The van der Waals surface area contributed by atoms with Crippen molar-refractivity contribution in [3.05, 3.63) is 113 Å². The summed E-state index contributed by atoms with van der Waals surface area (Å²) in [6, 6.07) is 10.6. The van der Waals surface area contributed by atoms with Gasteiger partial charge in [0, 0.05) is 18.0 Å². The largest absolute Gasteiger partial charge is 0.508 e. The molecular formula is C37H27Cl2F5N2O6. The van der Waals surface area contributed by atoms with Gasteiger partial charge in [-0.15, -0.1) is 29.8 Å². The number of nitrogens with zero attached hydrogens (tertiary/aromatic N) is 2. The van der Waals surface area contributed by atoms with Crippen molar-refractivity contribution in [3.63, 3.8) is 0 Å². The van der Waals surface area contributed by atoms with E-state index in [2.05, 4.69) is 6.58 Å². The van der Waals surface area contributed by atoms with Gasteiger partial charge in [0.2, 0.25) is 17.6 Å². The maximum Gasteiger partial charge on any atom is 0.258 e. The number of amides is 4. The van der Waals surface area contributed by atoms with Crippen molar-refractivity contribution >= 4 is 52.5 Å². The van der Waals surface area contributed by atoms with Gasteiger partial charge in [-0.05, 0) is 54.9 Å². The van der Waals surface area contributed by atoms with Crippen molar-refractivity contribution in [2.24, 2.45) is 17.8 Å². The van der Waals surface area contributed by atoms with Gasteiger partial charge in [0.15, 0.2) is 33.0 Å². The van der Waals surface area contributed by atoms with Crippen molar-refractivity contribution in [3.8, 4) is 11.5 Å². The Hall–Kier alpha value is -4.75. The Labute approximate surface area is 302 Å². The highest BCUT2D eigenvalue weighted by atomic mass is 35.5. The molecule has 2 heterocycles. The Morgan fingerprint density at radius 3 is 2.12 bits per heavy atom. The predicted molar refractivity (Wildman–Crippen MR) is 177 cm³/mol. The maximum atomic E-state index is 15.3. The second-order valence-corrected chi connectivity index (χ2v) is 14.5. The number of alkyl halides is 2. The van der Waals surface area contributed by atoms with Gasteiger partial charge in [-0.2, -0.15) is 0 Å². The minimum Gasteiger partial charge on any atom is -0.508 e. The molecule has 15 heteroatoms. The normalized spacial score (nSPS) is 28.2. The minimum absolute atomic E-state index is 0.0265. The predicted octanol–water partition coefficient (Wildman–Crippen LogP) is 6.33. The number of phenols is 2. The number of benzene rings is 3. The average molecular weight is 762 g/mol. The molecule has 7 rings (SSSR count). The van der Waals surface area contributed by atoms with E-state index in [1.54, 1.807) is 18.2 Å². The highest BCUT2D eigenvalue weighted by Gasteiger charge is 2.77. The minimum atomic E-state index is -2.75. The van der Waals surface area contributed by atoms with E-state index in [-0.39, 0.29) is 47.6 Å². The lowest BCUT2D eigenvalue weighted by molar-refractivity contribution is -0.140. The molecule has 8 nitrogen and oxygen atoms in total. The van der Waals surface area contributed by atoms with Crippen LogP contribution in [0.3, 0.4) is 0 Å². The van der Waals surface area contributed by atoms with Crippen molar-refractivity contribution < 1.29 is 51.3 Å². The van der Waals surface area contributed by atoms with Crippen LogP contribution < -0.4 is 4.90 Å². The van der Waals surface area contributed by atoms with Gasteiger partial charge in [0.05, 0.1) is 11.8 Å². The third-order valence-corrected chi connectivity index (χ3v) is 12.1. The summed E-state index contributed by atoms with van der Waals surface area (Å²) >= 11 is 14.3. The van der Waals surface area contributed by atoms with Crippen LogP contribution in [-0.4, -0.2) is 55.0 Å². The molecule has 0 radical (unpaired) electrons. The van der Waals surface area contributed by atoms with Crippen LogP contribution in [-0.2, 0) is 32.0 Å². The number of rotatable bonds is 7. The highest BCUT2D eigenvalue weighted by Crippen LogP contribution is 2.66. The Morgan fingerprint density at radius 2 is 1.48 bits per heavy atom. The zero-order valence-corrected chi connectivity index (χ0v) is 28.3. The second-order valence-electron chi connectivity index (χ2n) is 13.3. The van der Waals surface area contributed by atoms with Gasteiger partial charge >= 0.3 is 0 Å². The summed E-state index contributed by atoms with van der Waals surface area (Å²) in [4.78, 5) is 52.0. The first-order chi connectivity index (χ1) is 24.6. The van der Waals surface area contributed by atoms with Crippen LogP contribution in [0.2, 0.25) is 0 Å². The molecule has 6 atom stereocenters. The molecule has 0 spiro atoms. The number of fused-ring (bicyclic) bond motifs is 4. The fraction of sp³-hybridized carbons (Fsp3) is 0.297. The van der Waals surface area contributed by atoms with Gasteiger partial charge in [-0.25, -0.2) is 26.9 Å². The monoisotopic (exact) mass is 760 g/mol. The Morgan fingerprint density at radius 1 is 0.846 bits per heavy atom. The summed E-state index contributed by atoms with van der Waals surface area (Å²) in [7, 11) is 0. The lowest BCUT2D eigenvalue weighted by atomic mass is 9.56. The van der Waals surface area contributed by atoms with Crippen LogP contribution in [0, 0.1) is 46.8 Å². The Kier molecular flexibility index (Phi) is 8.53. The number of halogens is 7. The molecule has 3 aromatic carbocycles.